The SMILES string of the molecule is CCNC(C#N)CN(C)c1ccc(CC)cc1. The zero-order chi connectivity index (χ0) is 12.7. The highest BCUT2D eigenvalue weighted by Crippen LogP contribution is 2.14. The van der Waals surface area contributed by atoms with Gasteiger partial charge in [0.1, 0.15) is 6.04 Å². The van der Waals surface area contributed by atoms with Gasteiger partial charge in [-0.2, -0.15) is 5.26 Å². The van der Waals surface area contributed by atoms with E-state index < -0.39 is 0 Å². The molecule has 0 fully saturated rings. The number of nitrogens with zero attached hydrogens (tertiary/aromatic N) is 2. The highest BCUT2D eigenvalue weighted by Gasteiger charge is 2.09. The largest absolute Gasteiger partial charge is 0.372 e. The third-order valence-electron chi connectivity index (χ3n) is 2.85. The van der Waals surface area contributed by atoms with Crippen LogP contribution in [0.25, 0.3) is 0 Å². The van der Waals surface area contributed by atoms with E-state index >= 15 is 0 Å². The molecule has 0 heterocycles. The summed E-state index contributed by atoms with van der Waals surface area (Å²) in [6.45, 7) is 5.69. The monoisotopic (exact) mass is 231 g/mol. The first-order chi connectivity index (χ1) is 8.21. The van der Waals surface area contributed by atoms with E-state index in [0.29, 0.717) is 6.54 Å². The molecule has 1 N–H and O–H groups in total. The summed E-state index contributed by atoms with van der Waals surface area (Å²) in [5.74, 6) is 0. The molecular formula is C14H21N3. The Labute approximate surface area is 104 Å². The summed E-state index contributed by atoms with van der Waals surface area (Å²) in [6.07, 6.45) is 1.06. The van der Waals surface area contributed by atoms with Crippen molar-refractivity contribution >= 4 is 5.69 Å². The first kappa shape index (κ1) is 13.5. The van der Waals surface area contributed by atoms with Crippen LogP contribution in [0.15, 0.2) is 24.3 Å². The highest BCUT2D eigenvalue weighted by molar-refractivity contribution is 5.47. The molecule has 1 rings (SSSR count). The minimum atomic E-state index is -0.115. The third kappa shape index (κ3) is 4.08. The molecule has 0 aliphatic carbocycles. The second kappa shape index (κ2) is 6.93. The van der Waals surface area contributed by atoms with Gasteiger partial charge in [0.15, 0.2) is 0 Å². The Balaban J connectivity index is 2.62. The second-order valence-corrected chi connectivity index (χ2v) is 4.14. The lowest BCUT2D eigenvalue weighted by molar-refractivity contribution is 0.618. The van der Waals surface area contributed by atoms with Crippen molar-refractivity contribution < 1.29 is 0 Å². The number of benzene rings is 1. The van der Waals surface area contributed by atoms with Crippen molar-refractivity contribution in [2.75, 3.05) is 25.0 Å². The zero-order valence-electron chi connectivity index (χ0n) is 10.9. The number of hydrogen-bond acceptors (Lipinski definition) is 3. The average molecular weight is 231 g/mol. The van der Waals surface area contributed by atoms with Crippen LogP contribution in [0.2, 0.25) is 0 Å². The molecular weight excluding hydrogens is 210 g/mol. The van der Waals surface area contributed by atoms with Gasteiger partial charge in [0.2, 0.25) is 0 Å². The van der Waals surface area contributed by atoms with Crippen molar-refractivity contribution in [3.05, 3.63) is 29.8 Å². The molecule has 17 heavy (non-hydrogen) atoms. The van der Waals surface area contributed by atoms with Crippen molar-refractivity contribution in [3.8, 4) is 6.07 Å². The summed E-state index contributed by atoms with van der Waals surface area (Å²) in [6, 6.07) is 10.7. The topological polar surface area (TPSA) is 39.1 Å². The Kier molecular flexibility index (Phi) is 5.51. The van der Waals surface area contributed by atoms with Crippen LogP contribution >= 0.6 is 0 Å². The number of anilines is 1. The van der Waals surface area contributed by atoms with E-state index in [4.69, 9.17) is 5.26 Å². The number of nitrogens with one attached hydrogen (secondary N) is 1. The van der Waals surface area contributed by atoms with Gasteiger partial charge in [-0.1, -0.05) is 26.0 Å². The van der Waals surface area contributed by atoms with Gasteiger partial charge >= 0.3 is 0 Å². The lowest BCUT2D eigenvalue weighted by Gasteiger charge is -2.22. The molecule has 0 amide bonds. The predicted molar refractivity (Wildman–Crippen MR) is 72.2 cm³/mol. The summed E-state index contributed by atoms with van der Waals surface area (Å²) in [4.78, 5) is 2.11. The molecule has 3 nitrogen and oxygen atoms in total. The van der Waals surface area contributed by atoms with Gasteiger partial charge in [0, 0.05) is 19.3 Å². The van der Waals surface area contributed by atoms with Crippen LogP contribution in [0.5, 0.6) is 0 Å². The van der Waals surface area contributed by atoms with Crippen LogP contribution in [-0.4, -0.2) is 26.2 Å². The zero-order valence-corrected chi connectivity index (χ0v) is 10.9. The van der Waals surface area contributed by atoms with Crippen LogP contribution in [0.4, 0.5) is 5.69 Å². The normalized spacial score (nSPS) is 11.9. The van der Waals surface area contributed by atoms with Crippen molar-refractivity contribution in [2.45, 2.75) is 26.3 Å². The molecule has 0 aliphatic rings. The van der Waals surface area contributed by atoms with E-state index in [0.717, 1.165) is 18.7 Å². The molecule has 0 aliphatic heterocycles. The molecule has 1 unspecified atom stereocenters. The van der Waals surface area contributed by atoms with Crippen molar-refractivity contribution in [3.63, 3.8) is 0 Å². The molecule has 1 atom stereocenters. The van der Waals surface area contributed by atoms with Crippen LogP contribution in [0.3, 0.4) is 0 Å². The second-order valence-electron chi connectivity index (χ2n) is 4.14. The minimum absolute atomic E-state index is 0.115. The number of nitriles is 1. The number of likely N-dealkylation sites (N-methyl/N-ethyl adjacent to an activating group) is 2. The van der Waals surface area contributed by atoms with Crippen molar-refractivity contribution in [2.24, 2.45) is 0 Å². The number of hydrogen-bond donors (Lipinski definition) is 1. The fourth-order valence-electron chi connectivity index (χ4n) is 1.76. The summed E-state index contributed by atoms with van der Waals surface area (Å²) in [7, 11) is 2.02. The maximum Gasteiger partial charge on any atom is 0.113 e. The van der Waals surface area contributed by atoms with Crippen molar-refractivity contribution in [1.82, 2.24) is 5.32 Å². The van der Waals surface area contributed by atoms with Gasteiger partial charge in [-0.05, 0) is 30.7 Å². The third-order valence-corrected chi connectivity index (χ3v) is 2.85. The Bertz CT molecular complexity index is 364. The number of aryl methyl sites for hydroxylation is 1. The fraction of sp³-hybridized carbons (Fsp3) is 0.500. The lowest BCUT2D eigenvalue weighted by Crippen LogP contribution is -2.38. The van der Waals surface area contributed by atoms with Gasteiger partial charge in [-0.25, -0.2) is 0 Å². The smallest absolute Gasteiger partial charge is 0.113 e. The standard InChI is InChI=1S/C14H21N3/c1-4-12-6-8-14(9-7-12)17(3)11-13(10-15)16-5-2/h6-9,13,16H,4-5,11H2,1-3H3. The van der Waals surface area contributed by atoms with E-state index in [-0.39, 0.29) is 6.04 Å². The Morgan fingerprint density at radius 1 is 1.29 bits per heavy atom. The average Bonchev–Trinajstić information content (AvgIpc) is 2.38. The van der Waals surface area contributed by atoms with Gasteiger partial charge in [-0.15, -0.1) is 0 Å². The van der Waals surface area contributed by atoms with E-state index in [1.54, 1.807) is 0 Å². The Morgan fingerprint density at radius 3 is 2.41 bits per heavy atom. The van der Waals surface area contributed by atoms with E-state index in [1.165, 1.54) is 5.56 Å². The molecule has 0 saturated heterocycles. The molecule has 0 aromatic heterocycles. The predicted octanol–water partition coefficient (Wildman–Crippen LogP) is 2.19. The molecule has 92 valence electrons. The number of rotatable bonds is 6. The fourth-order valence-corrected chi connectivity index (χ4v) is 1.76. The summed E-state index contributed by atoms with van der Waals surface area (Å²) in [5, 5.41) is 12.1. The van der Waals surface area contributed by atoms with E-state index in [1.807, 2.05) is 14.0 Å². The van der Waals surface area contributed by atoms with Crippen molar-refractivity contribution in [1.29, 1.82) is 5.26 Å². The van der Waals surface area contributed by atoms with Crippen LogP contribution in [-0.2, 0) is 6.42 Å². The molecule has 1 aromatic carbocycles. The molecule has 0 spiro atoms. The summed E-state index contributed by atoms with van der Waals surface area (Å²) < 4.78 is 0. The quantitative estimate of drug-likeness (QED) is 0.815. The molecule has 1 aromatic rings. The highest BCUT2D eigenvalue weighted by atomic mass is 15.1. The van der Waals surface area contributed by atoms with Gasteiger partial charge in [-0.3, -0.25) is 0 Å². The van der Waals surface area contributed by atoms with Gasteiger partial charge in [0.05, 0.1) is 6.07 Å². The molecule has 0 saturated carbocycles. The molecule has 0 bridgehead atoms. The Hall–Kier alpha value is -1.53. The molecule has 3 heteroatoms. The van der Waals surface area contributed by atoms with E-state index in [9.17, 15) is 0 Å². The van der Waals surface area contributed by atoms with Crippen LogP contribution in [0.1, 0.15) is 19.4 Å². The Morgan fingerprint density at radius 2 is 1.94 bits per heavy atom. The first-order valence-corrected chi connectivity index (χ1v) is 6.14. The summed E-state index contributed by atoms with van der Waals surface area (Å²) >= 11 is 0. The van der Waals surface area contributed by atoms with Gasteiger partial charge < -0.3 is 10.2 Å². The maximum absolute atomic E-state index is 9.00. The maximum atomic E-state index is 9.00. The van der Waals surface area contributed by atoms with E-state index in [2.05, 4.69) is 47.5 Å². The minimum Gasteiger partial charge on any atom is -0.372 e. The van der Waals surface area contributed by atoms with Crippen LogP contribution in [0, 0.1) is 11.3 Å². The molecule has 0 radical (unpaired) electrons. The van der Waals surface area contributed by atoms with Crippen LogP contribution < -0.4 is 10.2 Å². The lowest BCUT2D eigenvalue weighted by atomic mass is 10.1. The van der Waals surface area contributed by atoms with Gasteiger partial charge in [0.25, 0.3) is 0 Å². The first-order valence-electron chi connectivity index (χ1n) is 6.14. The summed E-state index contributed by atoms with van der Waals surface area (Å²) in [5.41, 5.74) is 2.49.